The molecule has 4 rings (SSSR count). The lowest BCUT2D eigenvalue weighted by molar-refractivity contribution is -0.170. The van der Waals surface area contributed by atoms with Crippen LogP contribution in [0.1, 0.15) is 52.4 Å². The lowest BCUT2D eigenvalue weighted by Crippen LogP contribution is -2.44. The normalized spacial score (nSPS) is 40.2. The van der Waals surface area contributed by atoms with Gasteiger partial charge < -0.3 is 14.2 Å². The van der Waals surface area contributed by atoms with Crippen LogP contribution in [0.5, 0.6) is 0 Å². The van der Waals surface area contributed by atoms with Gasteiger partial charge in [0.2, 0.25) is 0 Å². The highest BCUT2D eigenvalue weighted by molar-refractivity contribution is 5.86. The first-order chi connectivity index (χ1) is 12.0. The maximum Gasteiger partial charge on any atom is 0.310 e. The van der Waals surface area contributed by atoms with Gasteiger partial charge in [0.15, 0.2) is 0 Å². The van der Waals surface area contributed by atoms with Crippen LogP contribution in [0.3, 0.4) is 0 Å². The molecule has 4 fully saturated rings. The summed E-state index contributed by atoms with van der Waals surface area (Å²) < 4.78 is 16.9. The third-order valence-corrected chi connectivity index (χ3v) is 6.67. The molecule has 7 atom stereocenters. The molecule has 2 bridgehead atoms. The Morgan fingerprint density at radius 2 is 1.92 bits per heavy atom. The quantitative estimate of drug-likeness (QED) is 0.559. The summed E-state index contributed by atoms with van der Waals surface area (Å²) in [5.74, 6) is -2.21. The highest BCUT2D eigenvalue weighted by atomic mass is 16.6. The van der Waals surface area contributed by atoms with Crippen molar-refractivity contribution in [2.75, 3.05) is 0 Å². The Bertz CT molecular complexity index is 580. The number of hydrogen-bond acceptors (Lipinski definition) is 6. The van der Waals surface area contributed by atoms with E-state index in [9.17, 15) is 14.4 Å². The van der Waals surface area contributed by atoms with Gasteiger partial charge in [0.1, 0.15) is 18.3 Å². The van der Waals surface area contributed by atoms with E-state index < -0.39 is 17.9 Å². The van der Waals surface area contributed by atoms with Crippen LogP contribution >= 0.6 is 0 Å². The van der Waals surface area contributed by atoms with Gasteiger partial charge in [-0.1, -0.05) is 13.8 Å². The minimum absolute atomic E-state index is 0.0200. The van der Waals surface area contributed by atoms with Crippen LogP contribution in [0.4, 0.5) is 0 Å². The first-order valence-corrected chi connectivity index (χ1v) is 9.62. The fourth-order valence-corrected chi connectivity index (χ4v) is 5.13. The Morgan fingerprint density at radius 1 is 1.20 bits per heavy atom. The summed E-state index contributed by atoms with van der Waals surface area (Å²) in [5.41, 5.74) is 0. The Balaban J connectivity index is 1.51. The fourth-order valence-electron chi connectivity index (χ4n) is 5.13. The Morgan fingerprint density at radius 3 is 2.60 bits per heavy atom. The lowest BCUT2D eigenvalue weighted by atomic mass is 9.78. The predicted octanol–water partition coefficient (Wildman–Crippen LogP) is 2.24. The van der Waals surface area contributed by atoms with Gasteiger partial charge in [0.05, 0.1) is 17.8 Å². The standard InChI is InChI=1S/C19H26O6/c1-3-9(2)17(20)24-15-11-8-12-14(19(22)25-16(12)15)13(11)18(21)23-10-6-4-5-7-10/h9-16H,3-8H2,1-2H3. The summed E-state index contributed by atoms with van der Waals surface area (Å²) in [7, 11) is 0. The van der Waals surface area contributed by atoms with Crippen LogP contribution in [-0.2, 0) is 28.6 Å². The second kappa shape index (κ2) is 6.29. The second-order valence-electron chi connectivity index (χ2n) is 8.07. The molecule has 0 N–H and O–H groups in total. The van der Waals surface area contributed by atoms with E-state index in [1.807, 2.05) is 13.8 Å². The summed E-state index contributed by atoms with van der Waals surface area (Å²) in [5, 5.41) is 0. The number of esters is 3. The molecule has 1 heterocycles. The molecule has 1 aliphatic heterocycles. The first kappa shape index (κ1) is 16.9. The molecule has 3 saturated carbocycles. The van der Waals surface area contributed by atoms with Gasteiger partial charge in [0, 0.05) is 11.8 Å². The molecule has 0 aromatic rings. The minimum Gasteiger partial charge on any atom is -0.462 e. The molecule has 6 heteroatoms. The SMILES string of the molecule is CCC(C)C(=O)OC1C2CC3C1OC(=O)C3C2C(=O)OC1CCCC1. The summed E-state index contributed by atoms with van der Waals surface area (Å²) >= 11 is 0. The molecular formula is C19H26O6. The van der Waals surface area contributed by atoms with Crippen molar-refractivity contribution in [1.29, 1.82) is 0 Å². The van der Waals surface area contributed by atoms with Gasteiger partial charge in [-0.3, -0.25) is 14.4 Å². The van der Waals surface area contributed by atoms with E-state index in [0.717, 1.165) is 25.7 Å². The molecule has 138 valence electrons. The van der Waals surface area contributed by atoms with Crippen LogP contribution in [0.2, 0.25) is 0 Å². The number of carbonyl (C=O) groups excluding carboxylic acids is 3. The van der Waals surface area contributed by atoms with E-state index in [4.69, 9.17) is 14.2 Å². The third kappa shape index (κ3) is 2.64. The van der Waals surface area contributed by atoms with E-state index in [1.54, 1.807) is 0 Å². The number of hydrogen-bond donors (Lipinski definition) is 0. The molecule has 0 aromatic heterocycles. The van der Waals surface area contributed by atoms with Gasteiger partial charge in [0.25, 0.3) is 0 Å². The highest BCUT2D eigenvalue weighted by Gasteiger charge is 2.70. The molecule has 3 aliphatic carbocycles. The largest absolute Gasteiger partial charge is 0.462 e. The zero-order chi connectivity index (χ0) is 17.7. The molecule has 25 heavy (non-hydrogen) atoms. The zero-order valence-electron chi connectivity index (χ0n) is 14.8. The summed E-state index contributed by atoms with van der Waals surface area (Å²) in [6, 6.07) is 0. The topological polar surface area (TPSA) is 78.9 Å². The summed E-state index contributed by atoms with van der Waals surface area (Å²) in [6.07, 6.45) is 4.44. The van der Waals surface area contributed by atoms with Crippen molar-refractivity contribution in [3.05, 3.63) is 0 Å². The smallest absolute Gasteiger partial charge is 0.310 e. The van der Waals surface area contributed by atoms with Crippen molar-refractivity contribution in [3.8, 4) is 0 Å². The van der Waals surface area contributed by atoms with Crippen LogP contribution in [-0.4, -0.2) is 36.2 Å². The van der Waals surface area contributed by atoms with E-state index in [-0.39, 0.29) is 47.9 Å². The van der Waals surface area contributed by atoms with Crippen molar-refractivity contribution >= 4 is 17.9 Å². The molecule has 1 saturated heterocycles. The molecule has 0 amide bonds. The summed E-state index contributed by atoms with van der Waals surface area (Å²) in [4.78, 5) is 37.3. The van der Waals surface area contributed by atoms with Crippen molar-refractivity contribution in [2.45, 2.75) is 70.7 Å². The predicted molar refractivity (Wildman–Crippen MR) is 86.1 cm³/mol. The van der Waals surface area contributed by atoms with Gasteiger partial charge in [-0.15, -0.1) is 0 Å². The zero-order valence-corrected chi connectivity index (χ0v) is 14.8. The second-order valence-corrected chi connectivity index (χ2v) is 8.07. The molecule has 0 aromatic carbocycles. The number of fused-ring (bicyclic) bond motifs is 1. The van der Waals surface area contributed by atoms with E-state index >= 15 is 0 Å². The Kier molecular flexibility index (Phi) is 4.24. The Labute approximate surface area is 147 Å². The highest BCUT2D eigenvalue weighted by Crippen LogP contribution is 2.59. The summed E-state index contributed by atoms with van der Waals surface area (Å²) in [6.45, 7) is 3.75. The fraction of sp³-hybridized carbons (Fsp3) is 0.842. The molecule has 4 aliphatic rings. The van der Waals surface area contributed by atoms with Crippen molar-refractivity contribution in [1.82, 2.24) is 0 Å². The van der Waals surface area contributed by atoms with E-state index in [1.165, 1.54) is 0 Å². The van der Waals surface area contributed by atoms with Gasteiger partial charge in [-0.25, -0.2) is 0 Å². The lowest BCUT2D eigenvalue weighted by Gasteiger charge is -2.31. The molecule has 7 unspecified atom stereocenters. The molecule has 0 spiro atoms. The monoisotopic (exact) mass is 350 g/mol. The third-order valence-electron chi connectivity index (χ3n) is 6.67. The number of carbonyl (C=O) groups is 3. The van der Waals surface area contributed by atoms with Crippen LogP contribution in [0, 0.1) is 29.6 Å². The van der Waals surface area contributed by atoms with Crippen molar-refractivity contribution in [3.63, 3.8) is 0 Å². The van der Waals surface area contributed by atoms with Crippen LogP contribution < -0.4 is 0 Å². The Hall–Kier alpha value is -1.59. The maximum absolute atomic E-state index is 12.8. The number of ether oxygens (including phenoxy) is 3. The van der Waals surface area contributed by atoms with E-state index in [0.29, 0.717) is 12.8 Å². The van der Waals surface area contributed by atoms with Gasteiger partial charge in [-0.05, 0) is 38.5 Å². The number of rotatable bonds is 5. The van der Waals surface area contributed by atoms with Crippen molar-refractivity contribution in [2.24, 2.45) is 29.6 Å². The molecular weight excluding hydrogens is 324 g/mol. The van der Waals surface area contributed by atoms with Gasteiger partial charge in [-0.2, -0.15) is 0 Å². The van der Waals surface area contributed by atoms with Gasteiger partial charge >= 0.3 is 17.9 Å². The van der Waals surface area contributed by atoms with Crippen molar-refractivity contribution < 1.29 is 28.6 Å². The minimum atomic E-state index is -0.522. The maximum atomic E-state index is 12.8. The molecule has 6 nitrogen and oxygen atoms in total. The van der Waals surface area contributed by atoms with E-state index in [2.05, 4.69) is 0 Å². The first-order valence-electron chi connectivity index (χ1n) is 9.62. The average Bonchev–Trinajstić information content (AvgIpc) is 3.32. The molecule has 0 radical (unpaired) electrons. The van der Waals surface area contributed by atoms with Crippen LogP contribution in [0.25, 0.3) is 0 Å². The van der Waals surface area contributed by atoms with Crippen LogP contribution in [0.15, 0.2) is 0 Å². The average molecular weight is 350 g/mol.